The minimum absolute atomic E-state index is 0.0842. The first-order valence-electron chi connectivity index (χ1n) is 8.72. The molecule has 0 spiro atoms. The lowest BCUT2D eigenvalue weighted by Gasteiger charge is -2.09. The van der Waals surface area contributed by atoms with E-state index in [-0.39, 0.29) is 17.9 Å². The standard InChI is InChI=1S/C19H21N5O2/c1-11-8-15(11)19(25)21-12(2)18-22-17-9-16(20-10-24(17)23-18)13-4-6-14(26-3)7-5-13/h4-7,9-12,15H,8H2,1-3H3,(H,21,25)/t11-,12-,15-/m1/s1. The van der Waals surface area contributed by atoms with Gasteiger partial charge in [-0.15, -0.1) is 5.10 Å². The number of methoxy groups -OCH3 is 1. The van der Waals surface area contributed by atoms with Crippen LogP contribution in [-0.4, -0.2) is 32.6 Å². The molecule has 1 aliphatic carbocycles. The van der Waals surface area contributed by atoms with E-state index < -0.39 is 0 Å². The van der Waals surface area contributed by atoms with Crippen LogP contribution in [0.25, 0.3) is 16.9 Å². The monoisotopic (exact) mass is 351 g/mol. The van der Waals surface area contributed by atoms with Crippen molar-refractivity contribution in [2.24, 2.45) is 11.8 Å². The summed E-state index contributed by atoms with van der Waals surface area (Å²) in [6, 6.07) is 9.35. The molecular formula is C19H21N5O2. The summed E-state index contributed by atoms with van der Waals surface area (Å²) in [5.74, 6) is 2.08. The Hall–Kier alpha value is -2.96. The molecule has 1 saturated carbocycles. The molecular weight excluding hydrogens is 330 g/mol. The Labute approximate surface area is 151 Å². The van der Waals surface area contributed by atoms with Crippen molar-refractivity contribution in [1.29, 1.82) is 0 Å². The molecule has 26 heavy (non-hydrogen) atoms. The number of carbonyl (C=O) groups is 1. The lowest BCUT2D eigenvalue weighted by Crippen LogP contribution is -2.29. The van der Waals surface area contributed by atoms with Crippen molar-refractivity contribution in [2.45, 2.75) is 26.3 Å². The number of ether oxygens (including phenoxy) is 1. The second-order valence-electron chi connectivity index (χ2n) is 6.83. The maximum absolute atomic E-state index is 12.1. The molecule has 0 radical (unpaired) electrons. The van der Waals surface area contributed by atoms with E-state index >= 15 is 0 Å². The number of aromatic nitrogens is 4. The smallest absolute Gasteiger partial charge is 0.223 e. The number of rotatable bonds is 5. The maximum atomic E-state index is 12.1. The molecule has 0 unspecified atom stereocenters. The van der Waals surface area contributed by atoms with E-state index in [4.69, 9.17) is 4.74 Å². The molecule has 0 bridgehead atoms. The van der Waals surface area contributed by atoms with Gasteiger partial charge in [-0.25, -0.2) is 14.5 Å². The summed E-state index contributed by atoms with van der Waals surface area (Å²) in [5.41, 5.74) is 2.48. The normalized spacial score (nSPS) is 20.0. The zero-order valence-corrected chi connectivity index (χ0v) is 15.0. The van der Waals surface area contributed by atoms with Gasteiger partial charge in [0.1, 0.15) is 12.1 Å². The summed E-state index contributed by atoms with van der Waals surface area (Å²) in [6.07, 6.45) is 2.61. The van der Waals surface area contributed by atoms with Crippen LogP contribution in [0, 0.1) is 11.8 Å². The Balaban J connectivity index is 1.55. The number of amides is 1. The number of benzene rings is 1. The number of nitrogens with one attached hydrogen (secondary N) is 1. The number of fused-ring (bicyclic) bond motifs is 1. The predicted octanol–water partition coefficient (Wildman–Crippen LogP) is 2.63. The molecule has 3 aromatic rings. The van der Waals surface area contributed by atoms with Crippen LogP contribution in [0.5, 0.6) is 5.75 Å². The summed E-state index contributed by atoms with van der Waals surface area (Å²) in [6.45, 7) is 3.99. The van der Waals surface area contributed by atoms with E-state index in [1.807, 2.05) is 37.3 Å². The maximum Gasteiger partial charge on any atom is 0.223 e. The van der Waals surface area contributed by atoms with Gasteiger partial charge in [0, 0.05) is 17.5 Å². The van der Waals surface area contributed by atoms with Crippen molar-refractivity contribution in [3.63, 3.8) is 0 Å². The third-order valence-corrected chi connectivity index (χ3v) is 4.82. The highest BCUT2D eigenvalue weighted by Gasteiger charge is 2.39. The molecule has 1 aliphatic rings. The minimum Gasteiger partial charge on any atom is -0.497 e. The third-order valence-electron chi connectivity index (χ3n) is 4.82. The number of carbonyl (C=O) groups excluding carboxylic acids is 1. The van der Waals surface area contributed by atoms with E-state index in [9.17, 15) is 4.79 Å². The van der Waals surface area contributed by atoms with Crippen LogP contribution in [0.3, 0.4) is 0 Å². The zero-order chi connectivity index (χ0) is 18.3. The highest BCUT2D eigenvalue weighted by atomic mass is 16.5. The topological polar surface area (TPSA) is 81.4 Å². The average Bonchev–Trinajstić information content (AvgIpc) is 3.24. The first-order chi connectivity index (χ1) is 12.5. The molecule has 1 N–H and O–H groups in total. The van der Waals surface area contributed by atoms with Crippen LogP contribution < -0.4 is 10.1 Å². The molecule has 1 amide bonds. The van der Waals surface area contributed by atoms with Gasteiger partial charge in [0.2, 0.25) is 5.91 Å². The summed E-state index contributed by atoms with van der Waals surface area (Å²) in [5, 5.41) is 7.43. The van der Waals surface area contributed by atoms with Gasteiger partial charge < -0.3 is 10.1 Å². The Kier molecular flexibility index (Phi) is 4.06. The van der Waals surface area contributed by atoms with Crippen LogP contribution in [-0.2, 0) is 4.79 Å². The number of hydrogen-bond acceptors (Lipinski definition) is 5. The molecule has 7 heteroatoms. The minimum atomic E-state index is -0.236. The molecule has 4 rings (SSSR count). The molecule has 7 nitrogen and oxygen atoms in total. The van der Waals surface area contributed by atoms with Crippen LogP contribution in [0.15, 0.2) is 36.7 Å². The molecule has 0 aliphatic heterocycles. The second kappa shape index (κ2) is 6.40. The zero-order valence-electron chi connectivity index (χ0n) is 15.0. The van der Waals surface area contributed by atoms with Gasteiger partial charge >= 0.3 is 0 Å². The highest BCUT2D eigenvalue weighted by Crippen LogP contribution is 2.38. The van der Waals surface area contributed by atoms with Crippen LogP contribution in [0.4, 0.5) is 0 Å². The largest absolute Gasteiger partial charge is 0.497 e. The molecule has 3 atom stereocenters. The Morgan fingerprint density at radius 3 is 2.73 bits per heavy atom. The number of nitrogens with zero attached hydrogens (tertiary/aromatic N) is 4. The number of hydrogen-bond donors (Lipinski definition) is 1. The molecule has 1 aromatic carbocycles. The van der Waals surface area contributed by atoms with Gasteiger partial charge in [0.05, 0.1) is 18.8 Å². The molecule has 134 valence electrons. The Bertz CT molecular complexity index is 950. The Morgan fingerprint density at radius 1 is 1.35 bits per heavy atom. The van der Waals surface area contributed by atoms with Gasteiger partial charge in [-0.05, 0) is 43.5 Å². The van der Waals surface area contributed by atoms with Gasteiger partial charge in [-0.1, -0.05) is 6.92 Å². The fraction of sp³-hybridized carbons (Fsp3) is 0.368. The summed E-state index contributed by atoms with van der Waals surface area (Å²) in [4.78, 5) is 21.1. The molecule has 1 fully saturated rings. The van der Waals surface area contributed by atoms with Crippen molar-refractivity contribution < 1.29 is 9.53 Å². The quantitative estimate of drug-likeness (QED) is 0.764. The van der Waals surface area contributed by atoms with Crippen molar-refractivity contribution in [3.8, 4) is 17.0 Å². The fourth-order valence-electron chi connectivity index (χ4n) is 2.99. The van der Waals surface area contributed by atoms with Crippen LogP contribution in [0.2, 0.25) is 0 Å². The average molecular weight is 351 g/mol. The van der Waals surface area contributed by atoms with Crippen LogP contribution >= 0.6 is 0 Å². The second-order valence-corrected chi connectivity index (χ2v) is 6.83. The lowest BCUT2D eigenvalue weighted by atomic mass is 10.1. The van der Waals surface area contributed by atoms with Crippen molar-refractivity contribution >= 4 is 11.6 Å². The first kappa shape index (κ1) is 16.5. The third kappa shape index (κ3) is 3.12. The van der Waals surface area contributed by atoms with E-state index in [2.05, 4.69) is 27.3 Å². The van der Waals surface area contributed by atoms with E-state index in [1.54, 1.807) is 18.0 Å². The highest BCUT2D eigenvalue weighted by molar-refractivity contribution is 5.81. The van der Waals surface area contributed by atoms with Crippen molar-refractivity contribution in [1.82, 2.24) is 24.9 Å². The Morgan fingerprint density at radius 2 is 2.08 bits per heavy atom. The molecule has 2 aromatic heterocycles. The fourth-order valence-corrected chi connectivity index (χ4v) is 2.99. The van der Waals surface area contributed by atoms with Gasteiger partial charge in [-0.2, -0.15) is 0 Å². The summed E-state index contributed by atoms with van der Waals surface area (Å²) < 4.78 is 6.81. The van der Waals surface area contributed by atoms with Gasteiger partial charge in [0.15, 0.2) is 11.5 Å². The van der Waals surface area contributed by atoms with E-state index in [0.29, 0.717) is 17.4 Å². The van der Waals surface area contributed by atoms with Gasteiger partial charge in [0.25, 0.3) is 0 Å². The predicted molar refractivity (Wildman–Crippen MR) is 96.6 cm³/mol. The van der Waals surface area contributed by atoms with Gasteiger partial charge in [-0.3, -0.25) is 4.79 Å². The lowest BCUT2D eigenvalue weighted by molar-refractivity contribution is -0.123. The first-order valence-corrected chi connectivity index (χ1v) is 8.72. The molecule has 2 heterocycles. The van der Waals surface area contributed by atoms with Crippen molar-refractivity contribution in [2.75, 3.05) is 7.11 Å². The van der Waals surface area contributed by atoms with E-state index in [0.717, 1.165) is 23.4 Å². The SMILES string of the molecule is COc1ccc(-c2cc3nc([C@@H](C)NC(=O)[C@@H]4C[C@H]4C)nn3cn2)cc1. The summed E-state index contributed by atoms with van der Waals surface area (Å²) >= 11 is 0. The van der Waals surface area contributed by atoms with Crippen molar-refractivity contribution in [3.05, 3.63) is 42.5 Å². The van der Waals surface area contributed by atoms with E-state index in [1.165, 1.54) is 0 Å². The van der Waals surface area contributed by atoms with Crippen LogP contribution in [0.1, 0.15) is 32.1 Å². The summed E-state index contributed by atoms with van der Waals surface area (Å²) in [7, 11) is 1.64. The molecule has 0 saturated heterocycles.